The largest absolute Gasteiger partial charge is 0.486 e. The molecule has 3 aromatic rings. The highest BCUT2D eigenvalue weighted by atomic mass is 32.2. The summed E-state index contributed by atoms with van der Waals surface area (Å²) in [5, 5.41) is 2.95. The number of likely N-dealkylation sites (N-methyl/N-ethyl adjacent to an activating group) is 1. The first-order chi connectivity index (χ1) is 16.3. The average molecular weight is 482 g/mol. The molecule has 0 saturated heterocycles. The number of benzene rings is 3. The van der Waals surface area contributed by atoms with Crippen molar-refractivity contribution in [2.45, 2.75) is 10.9 Å². The van der Waals surface area contributed by atoms with Crippen LogP contribution in [0.1, 0.15) is 22.0 Å². The van der Waals surface area contributed by atoms with Gasteiger partial charge in [-0.25, -0.2) is 8.42 Å². The third-order valence-electron chi connectivity index (χ3n) is 5.46. The van der Waals surface area contributed by atoms with E-state index in [4.69, 9.17) is 9.47 Å². The summed E-state index contributed by atoms with van der Waals surface area (Å²) in [5.41, 5.74) is 1.73. The van der Waals surface area contributed by atoms with E-state index in [1.54, 1.807) is 24.3 Å². The summed E-state index contributed by atoms with van der Waals surface area (Å²) in [6.07, 6.45) is 0. The molecule has 1 aliphatic rings. The SMILES string of the molecule is CN(C)C(CNC(=O)c1cccc(NS(=O)(=O)c2ccc3c(c2)OCCO3)c1)c1ccccc1. The minimum absolute atomic E-state index is 0.00189. The molecule has 2 N–H and O–H groups in total. The molecule has 1 atom stereocenters. The lowest BCUT2D eigenvalue weighted by molar-refractivity contribution is 0.0942. The number of anilines is 1. The van der Waals surface area contributed by atoms with E-state index in [2.05, 4.69) is 10.0 Å². The molecule has 0 aromatic heterocycles. The van der Waals surface area contributed by atoms with Crippen molar-refractivity contribution in [2.75, 3.05) is 38.6 Å². The van der Waals surface area contributed by atoms with E-state index in [0.29, 0.717) is 36.8 Å². The summed E-state index contributed by atoms with van der Waals surface area (Å²) < 4.78 is 39.3. The lowest BCUT2D eigenvalue weighted by Gasteiger charge is -2.25. The van der Waals surface area contributed by atoms with Gasteiger partial charge in [-0.3, -0.25) is 9.52 Å². The fourth-order valence-corrected chi connectivity index (χ4v) is 4.76. The molecule has 3 aromatic carbocycles. The topological polar surface area (TPSA) is 97.0 Å². The standard InChI is InChI=1S/C25H27N3O5S/c1-28(2)22(18-7-4-3-5-8-18)17-26-25(29)19-9-6-10-20(15-19)27-34(30,31)21-11-12-23-24(16-21)33-14-13-32-23/h3-12,15-16,22,27H,13-14,17H2,1-2H3,(H,26,29). The Hall–Kier alpha value is -3.56. The predicted molar refractivity (Wildman–Crippen MR) is 130 cm³/mol. The molecule has 0 aliphatic carbocycles. The van der Waals surface area contributed by atoms with Crippen LogP contribution in [0.2, 0.25) is 0 Å². The van der Waals surface area contributed by atoms with Crippen molar-refractivity contribution in [1.82, 2.24) is 10.2 Å². The Morgan fingerprint density at radius 1 is 0.941 bits per heavy atom. The van der Waals surface area contributed by atoms with E-state index in [1.165, 1.54) is 18.2 Å². The molecule has 0 fully saturated rings. The Morgan fingerprint density at radius 3 is 2.41 bits per heavy atom. The molecule has 1 unspecified atom stereocenters. The number of amides is 1. The number of hydrogen-bond donors (Lipinski definition) is 2. The first-order valence-electron chi connectivity index (χ1n) is 10.9. The second-order valence-electron chi connectivity index (χ2n) is 8.09. The fraction of sp³-hybridized carbons (Fsp3) is 0.240. The molecule has 34 heavy (non-hydrogen) atoms. The van der Waals surface area contributed by atoms with Gasteiger partial charge in [-0.1, -0.05) is 36.4 Å². The highest BCUT2D eigenvalue weighted by Gasteiger charge is 2.20. The van der Waals surface area contributed by atoms with Gasteiger partial charge < -0.3 is 19.7 Å². The van der Waals surface area contributed by atoms with Crippen molar-refractivity contribution in [3.8, 4) is 11.5 Å². The zero-order chi connectivity index (χ0) is 24.1. The van der Waals surface area contributed by atoms with Crippen molar-refractivity contribution < 1.29 is 22.7 Å². The number of carbonyl (C=O) groups is 1. The molecule has 1 heterocycles. The van der Waals surface area contributed by atoms with E-state index >= 15 is 0 Å². The van der Waals surface area contributed by atoms with Gasteiger partial charge in [0.2, 0.25) is 0 Å². The fourth-order valence-electron chi connectivity index (χ4n) is 3.69. The molecule has 178 valence electrons. The van der Waals surface area contributed by atoms with E-state index in [9.17, 15) is 13.2 Å². The number of fused-ring (bicyclic) bond motifs is 1. The van der Waals surface area contributed by atoms with Gasteiger partial charge in [-0.05, 0) is 50.0 Å². The summed E-state index contributed by atoms with van der Waals surface area (Å²) >= 11 is 0. The van der Waals surface area contributed by atoms with Crippen LogP contribution in [0.5, 0.6) is 11.5 Å². The van der Waals surface area contributed by atoms with Crippen LogP contribution in [0, 0.1) is 0 Å². The van der Waals surface area contributed by atoms with E-state index in [1.807, 2.05) is 49.3 Å². The predicted octanol–water partition coefficient (Wildman–Crippen LogP) is 3.29. The normalized spacial score (nSPS) is 13.9. The molecule has 4 rings (SSSR count). The van der Waals surface area contributed by atoms with Crippen LogP contribution in [0.15, 0.2) is 77.7 Å². The zero-order valence-electron chi connectivity index (χ0n) is 19.0. The van der Waals surface area contributed by atoms with Crippen LogP contribution >= 0.6 is 0 Å². The maximum absolute atomic E-state index is 12.9. The smallest absolute Gasteiger partial charge is 0.262 e. The van der Waals surface area contributed by atoms with Crippen LogP contribution in [-0.2, 0) is 10.0 Å². The summed E-state index contributed by atoms with van der Waals surface area (Å²) in [7, 11) is 0.0247. The number of hydrogen-bond acceptors (Lipinski definition) is 6. The number of ether oxygens (including phenoxy) is 2. The summed E-state index contributed by atoms with van der Waals surface area (Å²) in [6.45, 7) is 1.19. The Bertz CT molecular complexity index is 1260. The first-order valence-corrected chi connectivity index (χ1v) is 12.3. The average Bonchev–Trinajstić information content (AvgIpc) is 2.84. The number of nitrogens with one attached hydrogen (secondary N) is 2. The van der Waals surface area contributed by atoms with Crippen LogP contribution in [0.3, 0.4) is 0 Å². The molecule has 8 nitrogen and oxygen atoms in total. The van der Waals surface area contributed by atoms with Crippen LogP contribution in [-0.4, -0.2) is 53.1 Å². The quantitative estimate of drug-likeness (QED) is 0.513. The summed E-state index contributed by atoms with van der Waals surface area (Å²) in [6, 6.07) is 20.8. The number of sulfonamides is 1. The highest BCUT2D eigenvalue weighted by Crippen LogP contribution is 2.32. The van der Waals surface area contributed by atoms with E-state index in [-0.39, 0.29) is 22.5 Å². The molecule has 9 heteroatoms. The second-order valence-corrected chi connectivity index (χ2v) is 9.77. The van der Waals surface area contributed by atoms with Crippen molar-refractivity contribution in [2.24, 2.45) is 0 Å². The van der Waals surface area contributed by atoms with Gasteiger partial charge in [0.15, 0.2) is 11.5 Å². The van der Waals surface area contributed by atoms with Crippen LogP contribution in [0.4, 0.5) is 5.69 Å². The van der Waals surface area contributed by atoms with Gasteiger partial charge in [0.1, 0.15) is 13.2 Å². The minimum atomic E-state index is -3.89. The third-order valence-corrected chi connectivity index (χ3v) is 6.84. The van der Waals surface area contributed by atoms with Gasteiger partial charge in [0.05, 0.1) is 10.9 Å². The van der Waals surface area contributed by atoms with Gasteiger partial charge in [-0.2, -0.15) is 0 Å². The van der Waals surface area contributed by atoms with Gasteiger partial charge in [0.25, 0.3) is 15.9 Å². The Kier molecular flexibility index (Phi) is 7.04. The highest BCUT2D eigenvalue weighted by molar-refractivity contribution is 7.92. The molecule has 0 saturated carbocycles. The van der Waals surface area contributed by atoms with E-state index in [0.717, 1.165) is 5.56 Å². The molecule has 1 aliphatic heterocycles. The molecular weight excluding hydrogens is 454 g/mol. The molecule has 0 spiro atoms. The second kappa shape index (κ2) is 10.1. The van der Waals surface area contributed by atoms with Gasteiger partial charge in [-0.15, -0.1) is 0 Å². The minimum Gasteiger partial charge on any atom is -0.486 e. The molecular formula is C25H27N3O5S. The van der Waals surface area contributed by atoms with Gasteiger partial charge >= 0.3 is 0 Å². The van der Waals surface area contributed by atoms with Gasteiger partial charge in [0, 0.05) is 23.9 Å². The first kappa shape index (κ1) is 23.6. The zero-order valence-corrected chi connectivity index (χ0v) is 19.8. The van der Waals surface area contributed by atoms with Crippen LogP contribution < -0.4 is 19.5 Å². The Morgan fingerprint density at radius 2 is 1.68 bits per heavy atom. The monoisotopic (exact) mass is 481 g/mol. The molecule has 0 bridgehead atoms. The Labute approximate surface area is 199 Å². The van der Waals surface area contributed by atoms with Crippen molar-refractivity contribution in [3.63, 3.8) is 0 Å². The van der Waals surface area contributed by atoms with E-state index < -0.39 is 10.0 Å². The third kappa shape index (κ3) is 5.49. The number of carbonyl (C=O) groups excluding carboxylic acids is 1. The molecule has 1 amide bonds. The molecule has 0 radical (unpaired) electrons. The van der Waals surface area contributed by atoms with Crippen molar-refractivity contribution >= 4 is 21.6 Å². The summed E-state index contributed by atoms with van der Waals surface area (Å²) in [5.74, 6) is 0.606. The lowest BCUT2D eigenvalue weighted by atomic mass is 10.1. The number of nitrogens with zero attached hydrogens (tertiary/aromatic N) is 1. The van der Waals surface area contributed by atoms with Crippen molar-refractivity contribution in [3.05, 3.63) is 83.9 Å². The number of rotatable bonds is 8. The van der Waals surface area contributed by atoms with Crippen LogP contribution in [0.25, 0.3) is 0 Å². The Balaban J connectivity index is 1.45. The maximum Gasteiger partial charge on any atom is 0.262 e. The lowest BCUT2D eigenvalue weighted by Crippen LogP contribution is -2.34. The summed E-state index contributed by atoms with van der Waals surface area (Å²) in [4.78, 5) is 14.9. The van der Waals surface area contributed by atoms with Crippen molar-refractivity contribution in [1.29, 1.82) is 0 Å². The maximum atomic E-state index is 12.9.